The fraction of sp³-hybridized carbons (Fsp3) is 0.545. The molecule has 3 heterocycles. The molecular formula is C22H30ClN3O3. The third-order valence-corrected chi connectivity index (χ3v) is 6.69. The monoisotopic (exact) mass is 419 g/mol. The quantitative estimate of drug-likeness (QED) is 0.324. The maximum absolute atomic E-state index is 12.3. The van der Waals surface area contributed by atoms with E-state index in [4.69, 9.17) is 4.74 Å². The summed E-state index contributed by atoms with van der Waals surface area (Å²) in [5, 5.41) is 14.2. The van der Waals surface area contributed by atoms with Gasteiger partial charge in [-0.2, -0.15) is 0 Å². The number of rotatable bonds is 5. The van der Waals surface area contributed by atoms with Crippen molar-refractivity contribution in [2.75, 3.05) is 19.7 Å². The van der Waals surface area contributed by atoms with E-state index in [-0.39, 0.29) is 36.2 Å². The lowest BCUT2D eigenvalue weighted by molar-refractivity contribution is -0.135. The highest BCUT2D eigenvalue weighted by molar-refractivity contribution is 6.36. The number of aromatic nitrogens is 1. The van der Waals surface area contributed by atoms with Gasteiger partial charge in [0.15, 0.2) is 5.71 Å². The van der Waals surface area contributed by atoms with Crippen LogP contribution in [-0.4, -0.2) is 46.5 Å². The summed E-state index contributed by atoms with van der Waals surface area (Å²) in [4.78, 5) is 18.6. The van der Waals surface area contributed by atoms with Gasteiger partial charge in [-0.15, -0.1) is 12.4 Å². The number of aromatic amines is 1. The van der Waals surface area contributed by atoms with Gasteiger partial charge in [0.2, 0.25) is 0 Å². The van der Waals surface area contributed by atoms with Crippen LogP contribution in [0.15, 0.2) is 29.4 Å². The van der Waals surface area contributed by atoms with Gasteiger partial charge >= 0.3 is 5.97 Å². The van der Waals surface area contributed by atoms with Crippen molar-refractivity contribution in [3.63, 3.8) is 0 Å². The molecule has 158 valence electrons. The average molecular weight is 420 g/mol. The number of para-hydroxylation sites is 1. The van der Waals surface area contributed by atoms with Crippen LogP contribution in [0.5, 0.6) is 0 Å². The standard InChI is InChI=1S/C22H29N3O3.ClH/c1-3-22(14-18(24-27)21(26)28-4-2)11-7-12-25-13-10-16-15-8-5-6-9-17(15)23-19(16)20(22)25;/h5-6,8-9,20,23,27H,3-4,7,10-14H2,1-2H3;1H. The first-order chi connectivity index (χ1) is 13.6. The smallest absolute Gasteiger partial charge is 0.356 e. The normalized spacial score (nSPS) is 24.5. The number of ether oxygens (including phenoxy) is 1. The summed E-state index contributed by atoms with van der Waals surface area (Å²) in [7, 11) is 0. The van der Waals surface area contributed by atoms with Crippen molar-refractivity contribution in [3.8, 4) is 0 Å². The van der Waals surface area contributed by atoms with Gasteiger partial charge in [-0.25, -0.2) is 4.79 Å². The van der Waals surface area contributed by atoms with Crippen molar-refractivity contribution >= 4 is 35.0 Å². The molecule has 0 amide bonds. The average Bonchev–Trinajstić information content (AvgIpc) is 3.10. The Hall–Kier alpha value is -2.05. The van der Waals surface area contributed by atoms with Crippen molar-refractivity contribution in [1.29, 1.82) is 0 Å². The lowest BCUT2D eigenvalue weighted by Crippen LogP contribution is -2.50. The topological polar surface area (TPSA) is 77.9 Å². The van der Waals surface area contributed by atoms with E-state index in [1.54, 1.807) is 6.92 Å². The highest BCUT2D eigenvalue weighted by Crippen LogP contribution is 2.53. The Labute approximate surface area is 177 Å². The van der Waals surface area contributed by atoms with E-state index in [1.165, 1.54) is 22.2 Å². The van der Waals surface area contributed by atoms with Gasteiger partial charge in [-0.05, 0) is 56.2 Å². The Morgan fingerprint density at radius 2 is 2.14 bits per heavy atom. The predicted octanol–water partition coefficient (Wildman–Crippen LogP) is 4.46. The molecule has 6 nitrogen and oxygen atoms in total. The molecular weight excluding hydrogens is 390 g/mol. The molecule has 2 atom stereocenters. The number of carbonyl (C=O) groups is 1. The molecule has 2 N–H and O–H groups in total. The first kappa shape index (κ1) is 21.7. The highest BCUT2D eigenvalue weighted by atomic mass is 35.5. The van der Waals surface area contributed by atoms with Crippen LogP contribution in [0.4, 0.5) is 0 Å². The molecule has 29 heavy (non-hydrogen) atoms. The van der Waals surface area contributed by atoms with E-state index >= 15 is 0 Å². The summed E-state index contributed by atoms with van der Waals surface area (Å²) >= 11 is 0. The number of piperidine rings is 1. The van der Waals surface area contributed by atoms with E-state index in [1.807, 2.05) is 0 Å². The Morgan fingerprint density at radius 1 is 1.34 bits per heavy atom. The van der Waals surface area contributed by atoms with E-state index < -0.39 is 5.97 Å². The third-order valence-electron chi connectivity index (χ3n) is 6.69. The molecule has 2 aliphatic rings. The lowest BCUT2D eigenvalue weighted by atomic mass is 9.65. The van der Waals surface area contributed by atoms with Gasteiger partial charge in [0.05, 0.1) is 12.6 Å². The molecule has 0 aliphatic carbocycles. The number of carbonyl (C=O) groups excluding carboxylic acids is 1. The predicted molar refractivity (Wildman–Crippen MR) is 116 cm³/mol. The van der Waals surface area contributed by atoms with Gasteiger partial charge in [0, 0.05) is 29.6 Å². The zero-order chi connectivity index (χ0) is 19.7. The molecule has 1 aromatic carbocycles. The maximum atomic E-state index is 12.3. The zero-order valence-electron chi connectivity index (χ0n) is 17.1. The summed E-state index contributed by atoms with van der Waals surface area (Å²) in [5.41, 5.74) is 3.81. The molecule has 1 aromatic heterocycles. The Balaban J connectivity index is 0.00000240. The lowest BCUT2D eigenvalue weighted by Gasteiger charge is -2.52. The number of fused-ring (bicyclic) bond motifs is 5. The van der Waals surface area contributed by atoms with Gasteiger partial charge in [0.1, 0.15) is 0 Å². The number of H-pyrrole nitrogens is 1. The van der Waals surface area contributed by atoms with Crippen molar-refractivity contribution in [2.24, 2.45) is 10.6 Å². The van der Waals surface area contributed by atoms with Crippen molar-refractivity contribution in [3.05, 3.63) is 35.5 Å². The maximum Gasteiger partial charge on any atom is 0.356 e. The van der Waals surface area contributed by atoms with Crippen LogP contribution in [-0.2, 0) is 16.0 Å². The summed E-state index contributed by atoms with van der Waals surface area (Å²) in [6.45, 7) is 6.31. The molecule has 2 aromatic rings. The van der Waals surface area contributed by atoms with Crippen LogP contribution < -0.4 is 0 Å². The van der Waals surface area contributed by atoms with Crippen LogP contribution in [0, 0.1) is 5.41 Å². The highest BCUT2D eigenvalue weighted by Gasteiger charge is 2.48. The van der Waals surface area contributed by atoms with Crippen molar-refractivity contribution in [1.82, 2.24) is 9.88 Å². The van der Waals surface area contributed by atoms with E-state index in [2.05, 4.69) is 46.2 Å². The van der Waals surface area contributed by atoms with E-state index in [9.17, 15) is 10.0 Å². The fourth-order valence-corrected chi connectivity index (χ4v) is 5.37. The molecule has 2 aliphatic heterocycles. The van der Waals surface area contributed by atoms with E-state index in [0.29, 0.717) is 6.42 Å². The molecule has 1 fully saturated rings. The van der Waals surface area contributed by atoms with Crippen molar-refractivity contribution < 1.29 is 14.7 Å². The first-order valence-electron chi connectivity index (χ1n) is 10.3. The number of nitrogens with zero attached hydrogens (tertiary/aromatic N) is 2. The van der Waals surface area contributed by atoms with Crippen LogP contribution in [0.2, 0.25) is 0 Å². The number of oxime groups is 1. The summed E-state index contributed by atoms with van der Waals surface area (Å²) in [6.07, 6.45) is 4.45. The molecule has 2 unspecified atom stereocenters. The van der Waals surface area contributed by atoms with E-state index in [0.717, 1.165) is 38.8 Å². The molecule has 7 heteroatoms. The Bertz CT molecular complexity index is 910. The fourth-order valence-electron chi connectivity index (χ4n) is 5.37. The molecule has 0 radical (unpaired) electrons. The number of benzene rings is 1. The van der Waals surface area contributed by atoms with Gasteiger partial charge in [0.25, 0.3) is 0 Å². The molecule has 0 spiro atoms. The zero-order valence-corrected chi connectivity index (χ0v) is 17.9. The Kier molecular flexibility index (Phi) is 6.54. The second-order valence-electron chi connectivity index (χ2n) is 8.01. The summed E-state index contributed by atoms with van der Waals surface area (Å²) in [6, 6.07) is 8.67. The number of hydrogen-bond donors (Lipinski definition) is 2. The molecule has 0 bridgehead atoms. The minimum Gasteiger partial charge on any atom is -0.461 e. The number of nitrogens with one attached hydrogen (secondary N) is 1. The summed E-state index contributed by atoms with van der Waals surface area (Å²) in [5.74, 6) is -0.511. The minimum absolute atomic E-state index is 0. The number of esters is 1. The Morgan fingerprint density at radius 3 is 2.86 bits per heavy atom. The minimum atomic E-state index is -0.511. The van der Waals surface area contributed by atoms with Crippen molar-refractivity contribution in [2.45, 2.75) is 52.0 Å². The second kappa shape index (κ2) is 8.76. The third kappa shape index (κ3) is 3.64. The van der Waals surface area contributed by atoms with Crippen LogP contribution in [0.1, 0.15) is 56.8 Å². The number of halogens is 1. The molecule has 0 saturated carbocycles. The molecule has 4 rings (SSSR count). The summed E-state index contributed by atoms with van der Waals surface area (Å²) < 4.78 is 5.13. The molecule has 1 saturated heterocycles. The van der Waals surface area contributed by atoms with Gasteiger partial charge in [-0.1, -0.05) is 30.3 Å². The van der Waals surface area contributed by atoms with Gasteiger partial charge in [-0.3, -0.25) is 4.90 Å². The van der Waals surface area contributed by atoms with Crippen LogP contribution in [0.3, 0.4) is 0 Å². The number of hydrogen-bond acceptors (Lipinski definition) is 5. The largest absolute Gasteiger partial charge is 0.461 e. The van der Waals surface area contributed by atoms with Crippen LogP contribution >= 0.6 is 12.4 Å². The van der Waals surface area contributed by atoms with Crippen LogP contribution in [0.25, 0.3) is 10.9 Å². The SMILES string of the molecule is CCOC(=O)C(CC1(CC)CCCN2CCc3c([nH]c4ccccc34)C21)=NO.Cl. The first-order valence-corrected chi connectivity index (χ1v) is 10.3. The van der Waals surface area contributed by atoms with Gasteiger partial charge < -0.3 is 14.9 Å². The second-order valence-corrected chi connectivity index (χ2v) is 8.01.